The van der Waals surface area contributed by atoms with Crippen molar-refractivity contribution in [3.05, 3.63) is 0 Å². The Bertz CT molecular complexity index is 918. The van der Waals surface area contributed by atoms with E-state index in [0.717, 1.165) is 63.7 Å². The highest BCUT2D eigenvalue weighted by Gasteiger charge is 2.19. The first kappa shape index (κ1) is 59.4. The molecule has 0 amide bonds. The molecule has 0 aliphatic rings. The van der Waals surface area contributed by atoms with E-state index in [-0.39, 0.29) is 31.1 Å². The van der Waals surface area contributed by atoms with E-state index in [1.54, 1.807) is 0 Å². The highest BCUT2D eigenvalue weighted by Crippen LogP contribution is 2.17. The minimum absolute atomic E-state index is 0.0624. The van der Waals surface area contributed by atoms with E-state index < -0.39 is 6.10 Å². The van der Waals surface area contributed by atoms with Crippen LogP contribution in [0.3, 0.4) is 0 Å². The maximum absolute atomic E-state index is 12.8. The molecule has 6 nitrogen and oxygen atoms in total. The van der Waals surface area contributed by atoms with E-state index >= 15 is 0 Å². The van der Waals surface area contributed by atoms with E-state index in [4.69, 9.17) is 14.2 Å². The monoisotopic (exact) mass is 863 g/mol. The van der Waals surface area contributed by atoms with Crippen molar-refractivity contribution in [1.82, 2.24) is 0 Å². The molecule has 0 bridgehead atoms. The van der Waals surface area contributed by atoms with Gasteiger partial charge in [0.05, 0.1) is 0 Å². The lowest BCUT2D eigenvalue weighted by atomic mass is 10.0. The van der Waals surface area contributed by atoms with Crippen molar-refractivity contribution < 1.29 is 28.6 Å². The van der Waals surface area contributed by atoms with Crippen molar-refractivity contribution in [2.75, 3.05) is 13.2 Å². The third kappa shape index (κ3) is 49.3. The van der Waals surface area contributed by atoms with Crippen LogP contribution in [0, 0.1) is 5.92 Å². The molecule has 362 valence electrons. The van der Waals surface area contributed by atoms with Crippen LogP contribution in [0.5, 0.6) is 0 Å². The number of hydrogen-bond acceptors (Lipinski definition) is 6. The molecule has 61 heavy (non-hydrogen) atoms. The second-order valence-electron chi connectivity index (χ2n) is 19.3. The molecule has 0 N–H and O–H groups in total. The number of carbonyl (C=O) groups excluding carboxylic acids is 3. The van der Waals surface area contributed by atoms with Gasteiger partial charge in [-0.05, 0) is 25.2 Å². The Labute approximate surface area is 380 Å². The standard InChI is InChI=1S/C55H106O6/c1-5-7-9-11-13-15-16-17-18-19-20-24-27-31-35-39-43-47-54(57)60-50-52(49-59-53(56)46-42-38-34-29-14-12-10-8-6-2)61-55(58)48-44-40-36-32-28-25-22-21-23-26-30-33-37-41-45-51(3)4/h51-52H,5-50H2,1-4H3/t52-/m0/s1. The van der Waals surface area contributed by atoms with Crippen LogP contribution in [0.15, 0.2) is 0 Å². The first-order valence-electron chi connectivity index (χ1n) is 27.4. The molecule has 0 aromatic heterocycles. The van der Waals surface area contributed by atoms with Crippen LogP contribution in [0.1, 0.15) is 310 Å². The van der Waals surface area contributed by atoms with E-state index in [1.807, 2.05) is 0 Å². The molecule has 0 spiro atoms. The molecule has 0 aromatic rings. The summed E-state index contributed by atoms with van der Waals surface area (Å²) in [5, 5.41) is 0. The maximum Gasteiger partial charge on any atom is 0.306 e. The van der Waals surface area contributed by atoms with Crippen LogP contribution < -0.4 is 0 Å². The van der Waals surface area contributed by atoms with Crippen molar-refractivity contribution in [2.24, 2.45) is 5.92 Å². The summed E-state index contributed by atoms with van der Waals surface area (Å²) < 4.78 is 16.8. The third-order valence-corrected chi connectivity index (χ3v) is 12.5. The van der Waals surface area contributed by atoms with Crippen molar-refractivity contribution in [3.63, 3.8) is 0 Å². The van der Waals surface area contributed by atoms with Crippen molar-refractivity contribution in [2.45, 2.75) is 316 Å². The van der Waals surface area contributed by atoms with Crippen LogP contribution in [0.25, 0.3) is 0 Å². The largest absolute Gasteiger partial charge is 0.462 e. The van der Waals surface area contributed by atoms with Crippen LogP contribution in [-0.2, 0) is 28.6 Å². The van der Waals surface area contributed by atoms with Crippen LogP contribution in [0.4, 0.5) is 0 Å². The number of ether oxygens (including phenoxy) is 3. The second-order valence-corrected chi connectivity index (χ2v) is 19.3. The first-order valence-corrected chi connectivity index (χ1v) is 27.4. The van der Waals surface area contributed by atoms with Gasteiger partial charge in [0.1, 0.15) is 13.2 Å². The molecule has 0 fully saturated rings. The Kier molecular flexibility index (Phi) is 48.1. The van der Waals surface area contributed by atoms with Crippen molar-refractivity contribution in [3.8, 4) is 0 Å². The average Bonchev–Trinajstić information content (AvgIpc) is 3.24. The van der Waals surface area contributed by atoms with Crippen LogP contribution >= 0.6 is 0 Å². The van der Waals surface area contributed by atoms with Gasteiger partial charge in [-0.3, -0.25) is 14.4 Å². The maximum atomic E-state index is 12.8. The van der Waals surface area contributed by atoms with Gasteiger partial charge in [-0.15, -0.1) is 0 Å². The second kappa shape index (κ2) is 49.4. The number of unbranched alkanes of at least 4 members (excludes halogenated alkanes) is 37. The lowest BCUT2D eigenvalue weighted by Gasteiger charge is -2.18. The molecule has 0 heterocycles. The molecule has 0 aliphatic heterocycles. The Morgan fingerprint density at radius 2 is 0.541 bits per heavy atom. The first-order chi connectivity index (χ1) is 29.9. The van der Waals surface area contributed by atoms with Gasteiger partial charge in [-0.1, -0.05) is 272 Å². The van der Waals surface area contributed by atoms with Crippen molar-refractivity contribution in [1.29, 1.82) is 0 Å². The van der Waals surface area contributed by atoms with Crippen LogP contribution in [0.2, 0.25) is 0 Å². The minimum atomic E-state index is -0.760. The van der Waals surface area contributed by atoms with Gasteiger partial charge in [0.25, 0.3) is 0 Å². The minimum Gasteiger partial charge on any atom is -0.462 e. The lowest BCUT2D eigenvalue weighted by Crippen LogP contribution is -2.30. The summed E-state index contributed by atoms with van der Waals surface area (Å²) in [5.41, 5.74) is 0. The zero-order valence-electron chi connectivity index (χ0n) is 41.6. The Hall–Kier alpha value is -1.59. The van der Waals surface area contributed by atoms with E-state index in [0.29, 0.717) is 19.3 Å². The zero-order valence-corrected chi connectivity index (χ0v) is 41.6. The highest BCUT2D eigenvalue weighted by atomic mass is 16.6. The van der Waals surface area contributed by atoms with Gasteiger partial charge in [-0.25, -0.2) is 0 Å². The summed E-state index contributed by atoms with van der Waals surface area (Å²) in [6.07, 6.45) is 52.4. The molecule has 0 saturated carbocycles. The predicted octanol–water partition coefficient (Wildman–Crippen LogP) is 17.8. The summed E-state index contributed by atoms with van der Waals surface area (Å²) in [5.74, 6) is 0.000856. The molecular formula is C55H106O6. The van der Waals surface area contributed by atoms with Crippen molar-refractivity contribution >= 4 is 17.9 Å². The number of esters is 3. The topological polar surface area (TPSA) is 78.9 Å². The molecule has 0 radical (unpaired) electrons. The summed E-state index contributed by atoms with van der Waals surface area (Å²) >= 11 is 0. The van der Waals surface area contributed by atoms with E-state index in [2.05, 4.69) is 27.7 Å². The molecular weight excluding hydrogens is 757 g/mol. The average molecular weight is 863 g/mol. The Morgan fingerprint density at radius 3 is 0.803 bits per heavy atom. The van der Waals surface area contributed by atoms with Crippen LogP contribution in [-0.4, -0.2) is 37.2 Å². The predicted molar refractivity (Wildman–Crippen MR) is 261 cm³/mol. The van der Waals surface area contributed by atoms with Gasteiger partial charge >= 0.3 is 17.9 Å². The normalized spacial score (nSPS) is 12.0. The zero-order chi connectivity index (χ0) is 44.5. The summed E-state index contributed by atoms with van der Waals surface area (Å²) in [6, 6.07) is 0. The van der Waals surface area contributed by atoms with Gasteiger partial charge in [0.2, 0.25) is 0 Å². The Balaban J connectivity index is 4.23. The number of hydrogen-bond donors (Lipinski definition) is 0. The summed E-state index contributed by atoms with van der Waals surface area (Å²) in [7, 11) is 0. The fourth-order valence-corrected chi connectivity index (χ4v) is 8.39. The molecule has 0 aromatic carbocycles. The SMILES string of the molecule is CCCCCCCCCCCCCCCCCCCC(=O)OC[C@H](COC(=O)CCCCCCCCCCC)OC(=O)CCCCCCCCCCCCCCCCC(C)C. The third-order valence-electron chi connectivity index (χ3n) is 12.5. The molecule has 0 unspecified atom stereocenters. The van der Waals surface area contributed by atoms with Gasteiger partial charge in [0, 0.05) is 19.3 Å². The molecule has 0 rings (SSSR count). The lowest BCUT2D eigenvalue weighted by molar-refractivity contribution is -0.167. The number of rotatable bonds is 50. The van der Waals surface area contributed by atoms with Gasteiger partial charge < -0.3 is 14.2 Å². The fourth-order valence-electron chi connectivity index (χ4n) is 8.39. The highest BCUT2D eigenvalue weighted by molar-refractivity contribution is 5.71. The Morgan fingerprint density at radius 1 is 0.311 bits per heavy atom. The molecule has 6 heteroatoms. The summed E-state index contributed by atoms with van der Waals surface area (Å²) in [4.78, 5) is 37.9. The molecule has 1 atom stereocenters. The van der Waals surface area contributed by atoms with E-state index in [9.17, 15) is 14.4 Å². The molecule has 0 saturated heterocycles. The van der Waals surface area contributed by atoms with Gasteiger partial charge in [-0.2, -0.15) is 0 Å². The fraction of sp³-hybridized carbons (Fsp3) is 0.945. The quantitative estimate of drug-likeness (QED) is 0.0344. The molecule has 0 aliphatic carbocycles. The smallest absolute Gasteiger partial charge is 0.306 e. The summed E-state index contributed by atoms with van der Waals surface area (Å²) in [6.45, 7) is 9.03. The number of carbonyl (C=O) groups is 3. The van der Waals surface area contributed by atoms with Gasteiger partial charge in [0.15, 0.2) is 6.10 Å². The van der Waals surface area contributed by atoms with E-state index in [1.165, 1.54) is 205 Å².